The lowest BCUT2D eigenvalue weighted by molar-refractivity contribution is 0.669. The summed E-state index contributed by atoms with van der Waals surface area (Å²) in [6.45, 7) is 0. The van der Waals surface area contributed by atoms with Gasteiger partial charge in [-0.15, -0.1) is 0 Å². The Bertz CT molecular complexity index is 2990. The molecule has 11 rings (SSSR count). The quantitative estimate of drug-likeness (QED) is 0.184. The lowest BCUT2D eigenvalue weighted by Crippen LogP contribution is -2.01. The first kappa shape index (κ1) is 26.4. The van der Waals surface area contributed by atoms with Crippen molar-refractivity contribution in [2.75, 3.05) is 0 Å². The number of aromatic nitrogens is 3. The molecule has 2 heterocycles. The van der Waals surface area contributed by atoms with Gasteiger partial charge in [0.25, 0.3) is 0 Å². The van der Waals surface area contributed by atoms with Crippen molar-refractivity contribution in [1.29, 1.82) is 0 Å². The third-order valence-corrected chi connectivity index (χ3v) is 10.0. The minimum atomic E-state index is 0.626. The number of rotatable bonds is 3. The van der Waals surface area contributed by atoms with Gasteiger partial charge in [0.15, 0.2) is 17.5 Å². The number of hydrogen-bond acceptors (Lipinski definition) is 4. The summed E-state index contributed by atoms with van der Waals surface area (Å²) in [4.78, 5) is 15.7. The highest BCUT2D eigenvalue weighted by Gasteiger charge is 2.30. The van der Waals surface area contributed by atoms with Crippen molar-refractivity contribution in [2.45, 2.75) is 0 Å². The Hall–Kier alpha value is -6.65. The SMILES string of the molecule is c1ccc(-c2nc(-c3ccc4c(ccc5ccccc54)c3)nc(-c3c4c(cc5oc6ccccc6c35)-c3cccc5cccc-4c35)n2)cc1. The Kier molecular flexibility index (Phi) is 5.35. The molecule has 0 fully saturated rings. The van der Waals surface area contributed by atoms with E-state index in [0.29, 0.717) is 17.5 Å². The van der Waals surface area contributed by atoms with E-state index in [4.69, 9.17) is 19.4 Å². The molecule has 226 valence electrons. The van der Waals surface area contributed by atoms with Gasteiger partial charge in [0.05, 0.1) is 0 Å². The first-order valence-corrected chi connectivity index (χ1v) is 16.5. The van der Waals surface area contributed by atoms with Crippen molar-refractivity contribution < 1.29 is 4.42 Å². The molecule has 10 aromatic rings. The van der Waals surface area contributed by atoms with E-state index in [1.54, 1.807) is 0 Å². The monoisotopic (exact) mass is 623 g/mol. The van der Waals surface area contributed by atoms with Gasteiger partial charge in [-0.2, -0.15) is 0 Å². The first-order valence-electron chi connectivity index (χ1n) is 16.5. The van der Waals surface area contributed by atoms with Gasteiger partial charge in [-0.3, -0.25) is 0 Å². The van der Waals surface area contributed by atoms with E-state index < -0.39 is 0 Å². The van der Waals surface area contributed by atoms with E-state index in [0.717, 1.165) is 55.1 Å². The molecule has 1 aliphatic rings. The van der Waals surface area contributed by atoms with Gasteiger partial charge in [-0.05, 0) is 67.2 Å². The van der Waals surface area contributed by atoms with Crippen molar-refractivity contribution >= 4 is 54.3 Å². The Balaban J connectivity index is 1.25. The molecular weight excluding hydrogens is 599 g/mol. The Morgan fingerprint density at radius 2 is 1.02 bits per heavy atom. The van der Waals surface area contributed by atoms with E-state index in [2.05, 4.69) is 121 Å². The second-order valence-electron chi connectivity index (χ2n) is 12.7. The summed E-state index contributed by atoms with van der Waals surface area (Å²) in [6.07, 6.45) is 0. The van der Waals surface area contributed by atoms with Crippen LogP contribution in [0.2, 0.25) is 0 Å². The molecule has 4 nitrogen and oxygen atoms in total. The number of hydrogen-bond donors (Lipinski definition) is 0. The maximum Gasteiger partial charge on any atom is 0.165 e. The fraction of sp³-hybridized carbons (Fsp3) is 0. The first-order chi connectivity index (χ1) is 24.3. The van der Waals surface area contributed by atoms with E-state index in [1.165, 1.54) is 38.1 Å². The number of benzene rings is 8. The highest BCUT2D eigenvalue weighted by Crippen LogP contribution is 2.54. The fourth-order valence-corrected chi connectivity index (χ4v) is 7.86. The van der Waals surface area contributed by atoms with Crippen LogP contribution in [0.1, 0.15) is 0 Å². The highest BCUT2D eigenvalue weighted by atomic mass is 16.3. The summed E-state index contributed by atoms with van der Waals surface area (Å²) in [7, 11) is 0. The molecule has 0 radical (unpaired) electrons. The second kappa shape index (κ2) is 9.93. The molecule has 0 spiro atoms. The standard InChI is InChI=1S/C45H25N3O/c1-2-11-28(12-3-1)43-46-44(30-22-23-32-29(24-30)21-20-26-10-4-5-15-31(26)32)48-45(47-43)42-40-35-18-9-14-27-13-8-17-33(39(27)35)36(40)25-38-41(42)34-16-6-7-19-37(34)49-38/h1-25H. The van der Waals surface area contributed by atoms with Crippen molar-refractivity contribution in [3.05, 3.63) is 152 Å². The molecule has 0 aliphatic heterocycles. The minimum absolute atomic E-state index is 0.626. The van der Waals surface area contributed by atoms with Crippen molar-refractivity contribution in [3.8, 4) is 56.4 Å². The maximum atomic E-state index is 6.58. The van der Waals surface area contributed by atoms with Gasteiger partial charge in [0, 0.05) is 33.0 Å². The van der Waals surface area contributed by atoms with E-state index >= 15 is 0 Å². The second-order valence-corrected chi connectivity index (χ2v) is 12.7. The van der Waals surface area contributed by atoms with Crippen LogP contribution in [0.5, 0.6) is 0 Å². The third-order valence-electron chi connectivity index (χ3n) is 10.0. The molecule has 2 aromatic heterocycles. The summed E-state index contributed by atoms with van der Waals surface area (Å²) in [5.41, 5.74) is 9.15. The fourth-order valence-electron chi connectivity index (χ4n) is 7.86. The Morgan fingerprint density at radius 1 is 0.347 bits per heavy atom. The van der Waals surface area contributed by atoms with E-state index in [1.807, 2.05) is 30.3 Å². The normalized spacial score (nSPS) is 12.1. The number of furan rings is 1. The van der Waals surface area contributed by atoms with Crippen LogP contribution >= 0.6 is 0 Å². The van der Waals surface area contributed by atoms with Gasteiger partial charge >= 0.3 is 0 Å². The number of para-hydroxylation sites is 1. The van der Waals surface area contributed by atoms with Crippen molar-refractivity contribution in [2.24, 2.45) is 0 Å². The van der Waals surface area contributed by atoms with Crippen LogP contribution in [0.25, 0.3) is 111 Å². The van der Waals surface area contributed by atoms with Crippen LogP contribution in [0.4, 0.5) is 0 Å². The van der Waals surface area contributed by atoms with Crippen LogP contribution in [0, 0.1) is 0 Å². The lowest BCUT2D eigenvalue weighted by Gasteiger charge is -2.14. The van der Waals surface area contributed by atoms with Gasteiger partial charge < -0.3 is 4.42 Å². The zero-order valence-corrected chi connectivity index (χ0v) is 26.2. The van der Waals surface area contributed by atoms with Crippen molar-refractivity contribution in [3.63, 3.8) is 0 Å². The van der Waals surface area contributed by atoms with Gasteiger partial charge in [-0.25, -0.2) is 15.0 Å². The van der Waals surface area contributed by atoms with Gasteiger partial charge in [0.2, 0.25) is 0 Å². The molecule has 4 heteroatoms. The van der Waals surface area contributed by atoms with Crippen LogP contribution in [0.15, 0.2) is 156 Å². The summed E-state index contributed by atoms with van der Waals surface area (Å²) in [5, 5.41) is 9.32. The van der Waals surface area contributed by atoms with Crippen molar-refractivity contribution in [1.82, 2.24) is 15.0 Å². The highest BCUT2D eigenvalue weighted by molar-refractivity contribution is 6.25. The molecule has 0 saturated carbocycles. The molecule has 0 N–H and O–H groups in total. The zero-order valence-electron chi connectivity index (χ0n) is 26.2. The number of nitrogens with zero attached hydrogens (tertiary/aromatic N) is 3. The summed E-state index contributed by atoms with van der Waals surface area (Å²) in [5.74, 6) is 1.89. The summed E-state index contributed by atoms with van der Waals surface area (Å²) < 4.78 is 6.58. The summed E-state index contributed by atoms with van der Waals surface area (Å²) in [6, 6.07) is 53.1. The largest absolute Gasteiger partial charge is 0.456 e. The average Bonchev–Trinajstić information content (AvgIpc) is 3.70. The molecule has 0 atom stereocenters. The molecule has 0 amide bonds. The van der Waals surface area contributed by atoms with Crippen LogP contribution < -0.4 is 0 Å². The maximum absolute atomic E-state index is 6.58. The smallest absolute Gasteiger partial charge is 0.165 e. The van der Waals surface area contributed by atoms with E-state index in [9.17, 15) is 0 Å². The third kappa shape index (κ3) is 3.83. The van der Waals surface area contributed by atoms with Gasteiger partial charge in [-0.1, -0.05) is 133 Å². The molecule has 1 aliphatic carbocycles. The molecule has 0 unspecified atom stereocenters. The zero-order chi connectivity index (χ0) is 32.1. The summed E-state index contributed by atoms with van der Waals surface area (Å²) >= 11 is 0. The molecule has 8 aromatic carbocycles. The lowest BCUT2D eigenvalue weighted by atomic mass is 9.93. The average molecular weight is 624 g/mol. The van der Waals surface area contributed by atoms with E-state index in [-0.39, 0.29) is 0 Å². The molecule has 49 heavy (non-hydrogen) atoms. The van der Waals surface area contributed by atoms with Crippen LogP contribution in [-0.2, 0) is 0 Å². The van der Waals surface area contributed by atoms with Crippen LogP contribution in [-0.4, -0.2) is 15.0 Å². The molecular formula is C45H25N3O. The predicted octanol–water partition coefficient (Wildman–Crippen LogP) is 11.9. The number of fused-ring (bicyclic) bond motifs is 9. The molecule has 0 bridgehead atoms. The predicted molar refractivity (Wildman–Crippen MR) is 200 cm³/mol. The van der Waals surface area contributed by atoms with Gasteiger partial charge in [0.1, 0.15) is 11.2 Å². The van der Waals surface area contributed by atoms with Crippen LogP contribution in [0.3, 0.4) is 0 Å². The Morgan fingerprint density at radius 3 is 1.90 bits per heavy atom. The minimum Gasteiger partial charge on any atom is -0.456 e. The Labute approximate surface area is 281 Å². The molecule has 0 saturated heterocycles. The topological polar surface area (TPSA) is 51.8 Å².